The van der Waals surface area contributed by atoms with Gasteiger partial charge < -0.3 is 10.2 Å². The van der Waals surface area contributed by atoms with Crippen molar-refractivity contribution in [3.63, 3.8) is 0 Å². The lowest BCUT2D eigenvalue weighted by Gasteiger charge is -2.30. The second kappa shape index (κ2) is 11.3. The van der Waals surface area contributed by atoms with Crippen molar-refractivity contribution >= 4 is 35.6 Å². The van der Waals surface area contributed by atoms with E-state index in [9.17, 15) is 9.59 Å². The number of fused-ring (bicyclic) bond motifs is 1. The smallest absolute Gasteiger partial charge is 0.255 e. The second-order valence-electron chi connectivity index (χ2n) is 9.87. The molecule has 2 amide bonds. The number of piperidine rings is 1. The van der Waals surface area contributed by atoms with Crippen LogP contribution in [0.15, 0.2) is 66.7 Å². The highest BCUT2D eigenvalue weighted by atomic mass is 35.5. The number of anilines is 2. The number of hydrogen-bond acceptors (Lipinski definition) is 3. The largest absolute Gasteiger partial charge is 0.322 e. The van der Waals surface area contributed by atoms with E-state index in [1.165, 1.54) is 36.0 Å². The topological polar surface area (TPSA) is 52.7 Å². The van der Waals surface area contributed by atoms with E-state index in [-0.39, 0.29) is 30.1 Å². The summed E-state index contributed by atoms with van der Waals surface area (Å²) >= 11 is 0. The van der Waals surface area contributed by atoms with Crippen molar-refractivity contribution in [3.05, 3.63) is 83.4 Å². The number of nitrogens with zero attached hydrogens (tertiary/aromatic N) is 2. The molecule has 6 heteroatoms. The normalized spacial score (nSPS) is 17.8. The molecule has 0 spiro atoms. The van der Waals surface area contributed by atoms with Gasteiger partial charge in [-0.3, -0.25) is 14.5 Å². The molecule has 2 heterocycles. The van der Waals surface area contributed by atoms with E-state index >= 15 is 0 Å². The van der Waals surface area contributed by atoms with Gasteiger partial charge in [0.05, 0.1) is 0 Å². The molecule has 3 aromatic carbocycles. The van der Waals surface area contributed by atoms with Crippen LogP contribution in [0, 0.1) is 5.92 Å². The first kappa shape index (κ1) is 25.9. The van der Waals surface area contributed by atoms with Crippen molar-refractivity contribution in [2.45, 2.75) is 39.2 Å². The van der Waals surface area contributed by atoms with Crippen LogP contribution < -0.4 is 10.2 Å². The highest BCUT2D eigenvalue weighted by Gasteiger charge is 2.27. The maximum Gasteiger partial charge on any atom is 0.255 e. The molecule has 0 radical (unpaired) electrons. The number of nitrogens with one attached hydrogen (secondary N) is 1. The molecule has 3 aromatic rings. The van der Waals surface area contributed by atoms with E-state index in [4.69, 9.17) is 0 Å². The van der Waals surface area contributed by atoms with Gasteiger partial charge in [0.1, 0.15) is 0 Å². The van der Waals surface area contributed by atoms with Crippen molar-refractivity contribution in [2.75, 3.05) is 30.4 Å². The van der Waals surface area contributed by atoms with Crippen molar-refractivity contribution in [1.29, 1.82) is 0 Å². The third-order valence-corrected chi connectivity index (χ3v) is 7.28. The van der Waals surface area contributed by atoms with E-state index in [1.807, 2.05) is 43.3 Å². The average molecular weight is 504 g/mol. The molecule has 5 nitrogen and oxygen atoms in total. The van der Waals surface area contributed by atoms with Gasteiger partial charge in [-0.25, -0.2) is 0 Å². The maximum absolute atomic E-state index is 13.3. The van der Waals surface area contributed by atoms with Gasteiger partial charge in [0.25, 0.3) is 5.91 Å². The van der Waals surface area contributed by atoms with Crippen molar-refractivity contribution in [3.8, 4) is 11.1 Å². The quantitative estimate of drug-likeness (QED) is 0.453. The van der Waals surface area contributed by atoms with E-state index in [1.54, 1.807) is 11.9 Å². The van der Waals surface area contributed by atoms with Gasteiger partial charge in [0, 0.05) is 36.4 Å². The van der Waals surface area contributed by atoms with Crippen molar-refractivity contribution in [2.24, 2.45) is 5.92 Å². The monoisotopic (exact) mass is 503 g/mol. The molecule has 1 saturated heterocycles. The molecule has 0 bridgehead atoms. The molecular formula is C30H34ClN3O2. The third-order valence-electron chi connectivity index (χ3n) is 7.28. The van der Waals surface area contributed by atoms with Crippen LogP contribution in [0.3, 0.4) is 0 Å². The molecule has 36 heavy (non-hydrogen) atoms. The molecule has 0 aromatic heterocycles. The maximum atomic E-state index is 13.3. The summed E-state index contributed by atoms with van der Waals surface area (Å²) in [6.07, 6.45) is 4.49. The number of halogens is 1. The number of amides is 2. The molecule has 1 atom stereocenters. The molecular weight excluding hydrogens is 470 g/mol. The molecule has 188 valence electrons. The predicted octanol–water partition coefficient (Wildman–Crippen LogP) is 6.17. The lowest BCUT2D eigenvalue weighted by atomic mass is 9.93. The first-order valence-corrected chi connectivity index (χ1v) is 12.6. The summed E-state index contributed by atoms with van der Waals surface area (Å²) in [6.45, 7) is 5.00. The Morgan fingerprint density at radius 3 is 2.47 bits per heavy atom. The van der Waals surface area contributed by atoms with Crippen LogP contribution in [0.2, 0.25) is 0 Å². The highest BCUT2D eigenvalue weighted by molar-refractivity contribution is 6.05. The average Bonchev–Trinajstić information content (AvgIpc) is 2.89. The van der Waals surface area contributed by atoms with Crippen LogP contribution in [-0.4, -0.2) is 36.9 Å². The molecule has 0 aliphatic carbocycles. The van der Waals surface area contributed by atoms with Crippen LogP contribution in [0.5, 0.6) is 0 Å². The lowest BCUT2D eigenvalue weighted by Crippen LogP contribution is -2.37. The second-order valence-corrected chi connectivity index (χ2v) is 9.87. The van der Waals surface area contributed by atoms with Crippen molar-refractivity contribution < 1.29 is 9.59 Å². The van der Waals surface area contributed by atoms with Gasteiger partial charge in [0.2, 0.25) is 5.91 Å². The minimum atomic E-state index is -0.136. The Balaban J connectivity index is 0.00000304. The Morgan fingerprint density at radius 1 is 0.972 bits per heavy atom. The van der Waals surface area contributed by atoms with Crippen LogP contribution in [0.1, 0.15) is 47.7 Å². The van der Waals surface area contributed by atoms with Crippen LogP contribution in [0.25, 0.3) is 11.1 Å². The summed E-state index contributed by atoms with van der Waals surface area (Å²) in [4.78, 5) is 29.9. The summed E-state index contributed by atoms with van der Waals surface area (Å²) in [5.74, 6) is -0.0446. The Hall–Kier alpha value is -3.15. The Kier molecular flexibility index (Phi) is 8.12. The number of benzene rings is 3. The molecule has 5 rings (SSSR count). The van der Waals surface area contributed by atoms with Crippen molar-refractivity contribution in [1.82, 2.24) is 4.90 Å². The van der Waals surface area contributed by atoms with Crippen LogP contribution >= 0.6 is 12.4 Å². The zero-order valence-corrected chi connectivity index (χ0v) is 21.8. The van der Waals surface area contributed by atoms with Crippen LogP contribution in [-0.2, 0) is 17.8 Å². The molecule has 0 saturated carbocycles. The number of likely N-dealkylation sites (tertiary alicyclic amines) is 1. The summed E-state index contributed by atoms with van der Waals surface area (Å²) in [5, 5.41) is 3.05. The van der Waals surface area contributed by atoms with E-state index in [0.29, 0.717) is 11.3 Å². The van der Waals surface area contributed by atoms with E-state index in [2.05, 4.69) is 40.5 Å². The fraction of sp³-hybridized carbons (Fsp3) is 0.333. The standard InChI is InChI=1S/C30H33N3O2.ClH/c1-21-17-23-11-13-26(19-28(23)32(2)30(21)35)31-29(34)24-12-14-27(22-9-5-3-6-10-22)25(18-24)20-33-15-7-4-8-16-33;/h3,5-6,9-14,18-19,21H,4,7-8,15-17,20H2,1-2H3,(H,31,34);1H. The SMILES string of the molecule is CC1Cc2ccc(NC(=O)c3ccc(-c4ccccc4)c(CN4CCCCC4)c3)cc2N(C)C1=O.Cl. The lowest BCUT2D eigenvalue weighted by molar-refractivity contribution is -0.121. The fourth-order valence-electron chi connectivity index (χ4n) is 5.32. The van der Waals surface area contributed by atoms with E-state index < -0.39 is 0 Å². The van der Waals surface area contributed by atoms with Gasteiger partial charge in [-0.05, 0) is 78.9 Å². The van der Waals surface area contributed by atoms with Gasteiger partial charge >= 0.3 is 0 Å². The van der Waals surface area contributed by atoms with Gasteiger partial charge in [-0.1, -0.05) is 55.8 Å². The summed E-state index contributed by atoms with van der Waals surface area (Å²) < 4.78 is 0. The number of carbonyl (C=O) groups excluding carboxylic acids is 2. The third kappa shape index (κ3) is 5.48. The molecule has 1 N–H and O–H groups in total. The minimum Gasteiger partial charge on any atom is -0.322 e. The Labute approximate surface area is 219 Å². The van der Waals surface area contributed by atoms with E-state index in [0.717, 1.165) is 37.3 Å². The summed E-state index contributed by atoms with van der Waals surface area (Å²) in [6, 6.07) is 22.3. The summed E-state index contributed by atoms with van der Waals surface area (Å²) in [5.41, 5.74) is 6.87. The highest BCUT2D eigenvalue weighted by Crippen LogP contribution is 2.32. The van der Waals surface area contributed by atoms with Crippen LogP contribution in [0.4, 0.5) is 11.4 Å². The Morgan fingerprint density at radius 2 is 1.72 bits per heavy atom. The fourth-order valence-corrected chi connectivity index (χ4v) is 5.32. The first-order chi connectivity index (χ1) is 17.0. The van der Waals surface area contributed by atoms with Gasteiger partial charge in [0.15, 0.2) is 0 Å². The molecule has 2 aliphatic rings. The summed E-state index contributed by atoms with van der Waals surface area (Å²) in [7, 11) is 1.80. The predicted molar refractivity (Wildman–Crippen MR) is 149 cm³/mol. The Bertz CT molecular complexity index is 1240. The zero-order valence-electron chi connectivity index (χ0n) is 21.0. The zero-order chi connectivity index (χ0) is 24.4. The van der Waals surface area contributed by atoms with Gasteiger partial charge in [-0.15, -0.1) is 12.4 Å². The number of rotatable bonds is 5. The number of hydrogen-bond donors (Lipinski definition) is 1. The first-order valence-electron chi connectivity index (χ1n) is 12.6. The molecule has 1 fully saturated rings. The molecule has 2 aliphatic heterocycles. The molecule has 1 unspecified atom stereocenters. The van der Waals surface area contributed by atoms with Gasteiger partial charge in [-0.2, -0.15) is 0 Å². The minimum absolute atomic E-state index is 0. The number of carbonyl (C=O) groups is 2.